The lowest BCUT2D eigenvalue weighted by atomic mass is 9.74. The number of piperidine rings is 1. The van der Waals surface area contributed by atoms with Gasteiger partial charge in [0.2, 0.25) is 0 Å². The minimum atomic E-state index is -0.721. The zero-order valence-electron chi connectivity index (χ0n) is 15.9. The molecule has 1 aliphatic carbocycles. The smallest absolute Gasteiger partial charge is 0.304 e. The van der Waals surface area contributed by atoms with Gasteiger partial charge in [0.05, 0.1) is 19.6 Å². The van der Waals surface area contributed by atoms with Crippen molar-refractivity contribution in [3.05, 3.63) is 35.9 Å². The lowest BCUT2D eigenvalue weighted by molar-refractivity contribution is -0.137. The number of aliphatic carboxylic acids is 1. The zero-order chi connectivity index (χ0) is 18.7. The highest BCUT2D eigenvalue weighted by molar-refractivity contribution is 5.66. The Bertz CT molecular complexity index is 706. The molecule has 5 heteroatoms. The van der Waals surface area contributed by atoms with Crippen LogP contribution in [-0.2, 0) is 10.2 Å². The molecule has 1 aromatic carbocycles. The van der Waals surface area contributed by atoms with Gasteiger partial charge >= 0.3 is 5.97 Å². The maximum Gasteiger partial charge on any atom is 0.304 e. The van der Waals surface area contributed by atoms with Gasteiger partial charge < -0.3 is 19.5 Å². The van der Waals surface area contributed by atoms with Crippen molar-refractivity contribution >= 4 is 5.97 Å². The summed E-state index contributed by atoms with van der Waals surface area (Å²) in [6.45, 7) is 4.01. The maximum absolute atomic E-state index is 10.8. The Morgan fingerprint density at radius 3 is 2.89 bits per heavy atom. The molecule has 1 aromatic rings. The van der Waals surface area contributed by atoms with Crippen molar-refractivity contribution in [3.63, 3.8) is 0 Å². The fourth-order valence-corrected chi connectivity index (χ4v) is 4.54. The van der Waals surface area contributed by atoms with E-state index in [2.05, 4.69) is 35.3 Å². The highest BCUT2D eigenvalue weighted by Crippen LogP contribution is 2.46. The molecule has 1 N–H and O–H groups in total. The molecule has 2 aliphatic heterocycles. The Morgan fingerprint density at radius 2 is 2.15 bits per heavy atom. The first-order chi connectivity index (χ1) is 13.1. The van der Waals surface area contributed by atoms with Gasteiger partial charge in [-0.3, -0.25) is 4.79 Å². The van der Waals surface area contributed by atoms with E-state index >= 15 is 0 Å². The fraction of sp³-hybridized carbons (Fsp3) is 0.591. The van der Waals surface area contributed by atoms with E-state index in [-0.39, 0.29) is 11.8 Å². The molecule has 146 valence electrons. The predicted molar refractivity (Wildman–Crippen MR) is 104 cm³/mol. The second-order valence-electron chi connectivity index (χ2n) is 8.17. The second kappa shape index (κ2) is 7.93. The summed E-state index contributed by atoms with van der Waals surface area (Å²) in [5.74, 6) is 1.77. The molecule has 5 nitrogen and oxygen atoms in total. The van der Waals surface area contributed by atoms with Gasteiger partial charge in [0.1, 0.15) is 11.5 Å². The van der Waals surface area contributed by atoms with Gasteiger partial charge in [0, 0.05) is 23.6 Å². The van der Waals surface area contributed by atoms with E-state index in [4.69, 9.17) is 14.6 Å². The second-order valence-corrected chi connectivity index (χ2v) is 8.17. The lowest BCUT2D eigenvalue weighted by Crippen LogP contribution is -2.44. The van der Waals surface area contributed by atoms with Crippen molar-refractivity contribution in [3.8, 4) is 11.5 Å². The number of fused-ring (bicyclic) bond motifs is 2. The molecule has 1 fully saturated rings. The summed E-state index contributed by atoms with van der Waals surface area (Å²) in [6, 6.07) is 6.33. The molecule has 1 saturated heterocycles. The third-order valence-corrected chi connectivity index (χ3v) is 6.35. The number of benzene rings is 1. The number of carboxylic acid groups (broad SMARTS) is 1. The van der Waals surface area contributed by atoms with Crippen LogP contribution in [0.5, 0.6) is 11.5 Å². The van der Waals surface area contributed by atoms with Gasteiger partial charge in [0.25, 0.3) is 0 Å². The van der Waals surface area contributed by atoms with E-state index in [9.17, 15) is 4.79 Å². The van der Waals surface area contributed by atoms with Crippen molar-refractivity contribution in [1.82, 2.24) is 4.90 Å². The number of hydrogen-bond acceptors (Lipinski definition) is 4. The van der Waals surface area contributed by atoms with Crippen molar-refractivity contribution in [2.24, 2.45) is 5.92 Å². The molecule has 0 amide bonds. The van der Waals surface area contributed by atoms with Crippen molar-refractivity contribution in [1.29, 1.82) is 0 Å². The van der Waals surface area contributed by atoms with Crippen LogP contribution in [0.4, 0.5) is 0 Å². The summed E-state index contributed by atoms with van der Waals surface area (Å²) < 4.78 is 12.1. The average Bonchev–Trinajstić information content (AvgIpc) is 3.04. The quantitative estimate of drug-likeness (QED) is 0.774. The minimum Gasteiger partial charge on any atom is -0.493 e. The summed E-state index contributed by atoms with van der Waals surface area (Å²) in [5.41, 5.74) is 1.38. The van der Waals surface area contributed by atoms with Crippen LogP contribution in [-0.4, -0.2) is 48.8 Å². The standard InChI is InChI=1S/C22H29NO4/c24-21(25)8-11-23-12-9-22(10-13-23)16-27-20-14-18(6-7-19(20)22)26-15-17-4-2-1-3-5-17/h1-2,6-7,14,17H,3-5,8-13,15-16H2,(H,24,25). The van der Waals surface area contributed by atoms with Gasteiger partial charge in [-0.1, -0.05) is 18.2 Å². The summed E-state index contributed by atoms with van der Waals surface area (Å²) in [5, 5.41) is 8.87. The van der Waals surface area contributed by atoms with Crippen molar-refractivity contribution in [2.75, 3.05) is 32.8 Å². The Morgan fingerprint density at radius 1 is 1.30 bits per heavy atom. The Hall–Kier alpha value is -2.01. The first kappa shape index (κ1) is 18.4. The molecule has 0 aromatic heterocycles. The highest BCUT2D eigenvalue weighted by Gasteiger charge is 2.43. The summed E-state index contributed by atoms with van der Waals surface area (Å²) in [4.78, 5) is 13.0. The summed E-state index contributed by atoms with van der Waals surface area (Å²) in [6.07, 6.45) is 10.3. The molecule has 27 heavy (non-hydrogen) atoms. The van der Waals surface area contributed by atoms with Crippen molar-refractivity contribution < 1.29 is 19.4 Å². The van der Waals surface area contributed by atoms with Crippen molar-refractivity contribution in [2.45, 2.75) is 43.9 Å². The molecular formula is C22H29NO4. The molecule has 1 unspecified atom stereocenters. The number of carboxylic acids is 1. The average molecular weight is 371 g/mol. The van der Waals surface area contributed by atoms with Gasteiger partial charge in [-0.05, 0) is 57.2 Å². The van der Waals surface area contributed by atoms with E-state index in [1.807, 2.05) is 0 Å². The van der Waals surface area contributed by atoms with Crippen LogP contribution < -0.4 is 9.47 Å². The summed E-state index contributed by atoms with van der Waals surface area (Å²) in [7, 11) is 0. The number of likely N-dealkylation sites (tertiary alicyclic amines) is 1. The molecule has 0 radical (unpaired) electrons. The Balaban J connectivity index is 1.35. The zero-order valence-corrected chi connectivity index (χ0v) is 15.9. The van der Waals surface area contributed by atoms with E-state index in [1.165, 1.54) is 12.0 Å². The number of allylic oxidation sites excluding steroid dienone is 2. The van der Waals surface area contributed by atoms with Crippen LogP contribution in [0.2, 0.25) is 0 Å². The first-order valence-electron chi connectivity index (χ1n) is 10.1. The van der Waals surface area contributed by atoms with Crippen LogP contribution in [0, 0.1) is 5.92 Å². The molecule has 1 atom stereocenters. The Kier molecular flexibility index (Phi) is 5.39. The van der Waals surface area contributed by atoms with Gasteiger partial charge in [-0.2, -0.15) is 0 Å². The van der Waals surface area contributed by atoms with Crippen LogP contribution in [0.15, 0.2) is 30.4 Å². The van der Waals surface area contributed by atoms with E-state index in [1.54, 1.807) is 0 Å². The SMILES string of the molecule is O=C(O)CCN1CCC2(CC1)COc1cc(OCC3CC=CCC3)ccc12. The molecule has 4 rings (SSSR count). The molecule has 0 bridgehead atoms. The normalized spacial score (nSPS) is 23.8. The Labute approximate surface area is 161 Å². The third kappa shape index (κ3) is 4.13. The topological polar surface area (TPSA) is 59.0 Å². The van der Waals surface area contributed by atoms with Gasteiger partial charge in [-0.15, -0.1) is 0 Å². The fourth-order valence-electron chi connectivity index (χ4n) is 4.54. The number of ether oxygens (including phenoxy) is 2. The first-order valence-corrected chi connectivity index (χ1v) is 10.1. The van der Waals surface area contributed by atoms with Crippen LogP contribution >= 0.6 is 0 Å². The van der Waals surface area contributed by atoms with Crippen LogP contribution in [0.25, 0.3) is 0 Å². The summed E-state index contributed by atoms with van der Waals surface area (Å²) >= 11 is 0. The molecule has 1 spiro atoms. The molecule has 3 aliphatic rings. The largest absolute Gasteiger partial charge is 0.493 e. The number of carbonyl (C=O) groups is 1. The molecule has 2 heterocycles. The van der Waals surface area contributed by atoms with E-state index in [0.717, 1.165) is 63.5 Å². The highest BCUT2D eigenvalue weighted by atomic mass is 16.5. The van der Waals surface area contributed by atoms with E-state index < -0.39 is 5.97 Å². The number of nitrogens with zero attached hydrogens (tertiary/aromatic N) is 1. The minimum absolute atomic E-state index is 0.0851. The maximum atomic E-state index is 10.8. The molecular weight excluding hydrogens is 342 g/mol. The van der Waals surface area contributed by atoms with E-state index in [0.29, 0.717) is 12.5 Å². The number of hydrogen-bond donors (Lipinski definition) is 1. The van der Waals surface area contributed by atoms with Crippen LogP contribution in [0.1, 0.15) is 44.1 Å². The lowest BCUT2D eigenvalue weighted by Gasteiger charge is -2.38. The monoisotopic (exact) mass is 371 g/mol. The van der Waals surface area contributed by atoms with Gasteiger partial charge in [0.15, 0.2) is 0 Å². The number of rotatable bonds is 6. The molecule has 0 saturated carbocycles. The third-order valence-electron chi connectivity index (χ3n) is 6.35. The van der Waals surface area contributed by atoms with Crippen LogP contribution in [0.3, 0.4) is 0 Å². The van der Waals surface area contributed by atoms with Gasteiger partial charge in [-0.25, -0.2) is 0 Å². The predicted octanol–water partition coefficient (Wildman–Crippen LogP) is 3.62.